The maximum Gasteiger partial charge on any atom is 0.269 e. The second-order valence-corrected chi connectivity index (χ2v) is 8.16. The lowest BCUT2D eigenvalue weighted by atomic mass is 9.95. The number of oxime groups is 1. The van der Waals surface area contributed by atoms with Crippen LogP contribution in [0.5, 0.6) is 0 Å². The number of rotatable bonds is 5. The molecule has 1 aromatic carbocycles. The molecule has 0 bridgehead atoms. The van der Waals surface area contributed by atoms with Gasteiger partial charge >= 0.3 is 0 Å². The Bertz CT molecular complexity index is 655. The van der Waals surface area contributed by atoms with Gasteiger partial charge in [-0.15, -0.1) is 0 Å². The van der Waals surface area contributed by atoms with Crippen molar-refractivity contribution in [1.29, 1.82) is 0 Å². The number of nitrogens with one attached hydrogen (secondary N) is 1. The first-order chi connectivity index (χ1) is 12.8. The Labute approximate surface area is 158 Å². The van der Waals surface area contributed by atoms with E-state index >= 15 is 0 Å². The first kappa shape index (κ1) is 17.8. The van der Waals surface area contributed by atoms with Crippen molar-refractivity contribution in [3.63, 3.8) is 0 Å². The molecular formula is C19H25N3O3S. The van der Waals surface area contributed by atoms with Crippen LogP contribution >= 0.6 is 11.8 Å². The lowest BCUT2D eigenvalue weighted by Gasteiger charge is -2.43. The van der Waals surface area contributed by atoms with Crippen LogP contribution in [0.2, 0.25) is 0 Å². The van der Waals surface area contributed by atoms with Crippen molar-refractivity contribution in [2.75, 3.05) is 44.4 Å². The van der Waals surface area contributed by atoms with Crippen molar-refractivity contribution in [1.82, 2.24) is 10.2 Å². The summed E-state index contributed by atoms with van der Waals surface area (Å²) in [4.78, 5) is 20.6. The average molecular weight is 375 g/mol. The average Bonchev–Trinajstić information content (AvgIpc) is 3.38. The van der Waals surface area contributed by atoms with Crippen molar-refractivity contribution in [2.24, 2.45) is 5.16 Å². The van der Waals surface area contributed by atoms with E-state index in [1.54, 1.807) is 0 Å². The third-order valence-electron chi connectivity index (χ3n) is 5.44. The highest BCUT2D eigenvalue weighted by atomic mass is 32.2. The van der Waals surface area contributed by atoms with E-state index < -0.39 is 0 Å². The van der Waals surface area contributed by atoms with E-state index in [0.29, 0.717) is 18.7 Å². The lowest BCUT2D eigenvalue weighted by Crippen LogP contribution is -2.59. The zero-order chi connectivity index (χ0) is 17.8. The van der Waals surface area contributed by atoms with E-state index in [4.69, 9.17) is 9.57 Å². The smallest absolute Gasteiger partial charge is 0.269 e. The van der Waals surface area contributed by atoms with E-state index in [0.717, 1.165) is 49.8 Å². The van der Waals surface area contributed by atoms with E-state index in [9.17, 15) is 4.79 Å². The monoisotopic (exact) mass is 375 g/mol. The number of hydrogen-bond acceptors (Lipinski definition) is 6. The zero-order valence-corrected chi connectivity index (χ0v) is 15.7. The van der Waals surface area contributed by atoms with Crippen molar-refractivity contribution >= 4 is 23.4 Å². The van der Waals surface area contributed by atoms with Crippen LogP contribution in [0.3, 0.4) is 0 Å². The fourth-order valence-corrected chi connectivity index (χ4v) is 5.32. The van der Waals surface area contributed by atoms with Gasteiger partial charge in [0.1, 0.15) is 5.71 Å². The second-order valence-electron chi connectivity index (χ2n) is 7.06. The maximum absolute atomic E-state index is 12.6. The number of carbonyl (C=O) groups is 1. The number of amides is 1. The van der Waals surface area contributed by atoms with Crippen molar-refractivity contribution in [3.8, 4) is 0 Å². The molecule has 4 rings (SSSR count). The molecule has 2 atom stereocenters. The molecule has 0 spiro atoms. The minimum Gasteiger partial charge on any atom is -0.387 e. The number of benzene rings is 1. The Balaban J connectivity index is 1.34. The largest absolute Gasteiger partial charge is 0.387 e. The molecule has 3 aliphatic heterocycles. The number of hydrogen-bond donors (Lipinski definition) is 1. The standard InChI is InChI=1S/C19H25N3O3S/c23-18(16-12-17(25-21-16)15-4-2-1-3-5-15)20-13-19(6-11-26-14-19)22-7-9-24-10-8-22/h1-5,17H,6-14H2,(H,20,23)/t17-,19-/m1/s1. The van der Waals surface area contributed by atoms with E-state index in [1.807, 2.05) is 42.1 Å². The van der Waals surface area contributed by atoms with Gasteiger partial charge in [0.2, 0.25) is 0 Å². The predicted molar refractivity (Wildman–Crippen MR) is 102 cm³/mol. The van der Waals surface area contributed by atoms with Gasteiger partial charge in [-0.2, -0.15) is 11.8 Å². The SMILES string of the molecule is O=C(NC[C@]1(N2CCOCC2)CCSC1)C1=NO[C@@H](c2ccccc2)C1. The maximum atomic E-state index is 12.6. The van der Waals surface area contributed by atoms with Gasteiger partial charge < -0.3 is 14.9 Å². The topological polar surface area (TPSA) is 63.2 Å². The second kappa shape index (κ2) is 7.98. The molecular weight excluding hydrogens is 350 g/mol. The van der Waals surface area contributed by atoms with Crippen LogP contribution in [-0.4, -0.2) is 66.4 Å². The molecule has 2 fully saturated rings. The number of carbonyl (C=O) groups excluding carboxylic acids is 1. The third-order valence-corrected chi connectivity index (χ3v) is 6.68. The normalized spacial score (nSPS) is 29.2. The van der Waals surface area contributed by atoms with Crippen LogP contribution in [0.25, 0.3) is 0 Å². The fraction of sp³-hybridized carbons (Fsp3) is 0.579. The van der Waals surface area contributed by atoms with Crippen LogP contribution in [0.15, 0.2) is 35.5 Å². The molecule has 0 aliphatic carbocycles. The summed E-state index contributed by atoms with van der Waals surface area (Å²) in [5.41, 5.74) is 1.58. The summed E-state index contributed by atoms with van der Waals surface area (Å²) in [6, 6.07) is 9.92. The van der Waals surface area contributed by atoms with E-state index in [2.05, 4.69) is 15.4 Å². The van der Waals surface area contributed by atoms with Gasteiger partial charge in [0, 0.05) is 37.3 Å². The van der Waals surface area contributed by atoms with Crippen LogP contribution < -0.4 is 5.32 Å². The molecule has 2 saturated heterocycles. The van der Waals surface area contributed by atoms with E-state index in [-0.39, 0.29) is 17.6 Å². The molecule has 1 aromatic rings. The van der Waals surface area contributed by atoms with Crippen LogP contribution in [0, 0.1) is 0 Å². The van der Waals surface area contributed by atoms with Crippen LogP contribution in [-0.2, 0) is 14.4 Å². The summed E-state index contributed by atoms with van der Waals surface area (Å²) in [5, 5.41) is 7.17. The highest BCUT2D eigenvalue weighted by Gasteiger charge is 2.41. The molecule has 0 unspecified atom stereocenters. The first-order valence-electron chi connectivity index (χ1n) is 9.23. The molecule has 0 radical (unpaired) electrons. The molecule has 6 nitrogen and oxygen atoms in total. The van der Waals surface area contributed by atoms with Gasteiger partial charge in [-0.25, -0.2) is 0 Å². The minimum atomic E-state index is -0.160. The third kappa shape index (κ3) is 3.75. The number of ether oxygens (including phenoxy) is 1. The van der Waals surface area contributed by atoms with Crippen LogP contribution in [0.1, 0.15) is 24.5 Å². The van der Waals surface area contributed by atoms with Gasteiger partial charge in [0.25, 0.3) is 5.91 Å². The van der Waals surface area contributed by atoms with E-state index in [1.165, 1.54) is 0 Å². The minimum absolute atomic E-state index is 0.0446. The number of nitrogens with zero attached hydrogens (tertiary/aromatic N) is 2. The quantitative estimate of drug-likeness (QED) is 0.851. The summed E-state index contributed by atoms with van der Waals surface area (Å²) in [5.74, 6) is 2.10. The Kier molecular flexibility index (Phi) is 5.47. The lowest BCUT2D eigenvalue weighted by molar-refractivity contribution is -0.115. The molecule has 140 valence electrons. The summed E-state index contributed by atoms with van der Waals surface area (Å²) in [6.45, 7) is 4.10. The Hall–Kier alpha value is -1.57. The first-order valence-corrected chi connectivity index (χ1v) is 10.4. The predicted octanol–water partition coefficient (Wildman–Crippen LogP) is 1.83. The number of thioether (sulfide) groups is 1. The molecule has 7 heteroatoms. The summed E-state index contributed by atoms with van der Waals surface area (Å²) in [6.07, 6.45) is 1.47. The van der Waals surface area contributed by atoms with Crippen molar-refractivity contribution in [3.05, 3.63) is 35.9 Å². The summed E-state index contributed by atoms with van der Waals surface area (Å²) in [7, 11) is 0. The van der Waals surface area contributed by atoms with Crippen molar-refractivity contribution in [2.45, 2.75) is 24.5 Å². The summed E-state index contributed by atoms with van der Waals surface area (Å²) < 4.78 is 5.49. The Morgan fingerprint density at radius 1 is 1.31 bits per heavy atom. The highest BCUT2D eigenvalue weighted by molar-refractivity contribution is 7.99. The molecule has 26 heavy (non-hydrogen) atoms. The molecule has 0 saturated carbocycles. The van der Waals surface area contributed by atoms with Gasteiger partial charge in [0.15, 0.2) is 6.10 Å². The van der Waals surface area contributed by atoms with Gasteiger partial charge in [0.05, 0.1) is 13.2 Å². The molecule has 1 amide bonds. The zero-order valence-electron chi connectivity index (χ0n) is 14.9. The molecule has 0 aromatic heterocycles. The van der Waals surface area contributed by atoms with Crippen LogP contribution in [0.4, 0.5) is 0 Å². The van der Waals surface area contributed by atoms with Gasteiger partial charge in [-0.05, 0) is 17.7 Å². The molecule has 3 heterocycles. The van der Waals surface area contributed by atoms with Gasteiger partial charge in [-0.1, -0.05) is 35.5 Å². The molecule has 1 N–H and O–H groups in total. The van der Waals surface area contributed by atoms with Crippen molar-refractivity contribution < 1.29 is 14.4 Å². The van der Waals surface area contributed by atoms with Gasteiger partial charge in [-0.3, -0.25) is 9.69 Å². The highest BCUT2D eigenvalue weighted by Crippen LogP contribution is 2.34. The fourth-order valence-electron chi connectivity index (χ4n) is 3.84. The molecule has 3 aliphatic rings. The Morgan fingerprint density at radius 2 is 2.12 bits per heavy atom. The number of morpholine rings is 1. The Morgan fingerprint density at radius 3 is 2.85 bits per heavy atom. The summed E-state index contributed by atoms with van der Waals surface area (Å²) >= 11 is 1.97.